The Morgan fingerprint density at radius 1 is 1.21 bits per heavy atom. The Kier molecular flexibility index (Phi) is 4.74. The van der Waals surface area contributed by atoms with Crippen molar-refractivity contribution in [3.8, 4) is 0 Å². The third-order valence-corrected chi connectivity index (χ3v) is 3.83. The molecular formula is C14H23N4S+. The molecule has 104 valence electrons. The van der Waals surface area contributed by atoms with Crippen molar-refractivity contribution in [3.05, 3.63) is 29.3 Å². The van der Waals surface area contributed by atoms with E-state index in [2.05, 4.69) is 54.8 Å². The van der Waals surface area contributed by atoms with Gasteiger partial charge in [0.2, 0.25) is 0 Å². The third-order valence-electron chi connectivity index (χ3n) is 3.64. The molecule has 1 aliphatic rings. The number of hydrazine groups is 1. The van der Waals surface area contributed by atoms with E-state index in [9.17, 15) is 0 Å². The summed E-state index contributed by atoms with van der Waals surface area (Å²) < 4.78 is 0. The van der Waals surface area contributed by atoms with Gasteiger partial charge in [0.25, 0.3) is 0 Å². The van der Waals surface area contributed by atoms with Gasteiger partial charge >= 0.3 is 0 Å². The van der Waals surface area contributed by atoms with Crippen LogP contribution in [0, 0.1) is 13.8 Å². The SMILES string of the molecule is Cc1ccc(NC(=S)NN2CC[NH+](C)CC2)cc1C. The number of aryl methyl sites for hydroxylation is 2. The highest BCUT2D eigenvalue weighted by Crippen LogP contribution is 2.13. The smallest absolute Gasteiger partial charge is 0.185 e. The first-order valence-corrected chi connectivity index (χ1v) is 7.16. The second-order valence-corrected chi connectivity index (χ2v) is 5.72. The number of anilines is 1. The molecule has 0 radical (unpaired) electrons. The van der Waals surface area contributed by atoms with Gasteiger partial charge < -0.3 is 10.2 Å². The van der Waals surface area contributed by atoms with Crippen LogP contribution in [0.4, 0.5) is 5.69 Å². The number of likely N-dealkylation sites (N-methyl/N-ethyl adjacent to an activating group) is 1. The van der Waals surface area contributed by atoms with Gasteiger partial charge in [-0.15, -0.1) is 0 Å². The fourth-order valence-electron chi connectivity index (χ4n) is 2.12. The second kappa shape index (κ2) is 6.32. The molecular weight excluding hydrogens is 256 g/mol. The van der Waals surface area contributed by atoms with E-state index in [0.29, 0.717) is 5.11 Å². The standard InChI is InChI=1S/C14H22N4S/c1-11-4-5-13(10-12(11)2)15-14(19)16-18-8-6-17(3)7-9-18/h4-5,10H,6-9H2,1-3H3,(H2,15,16,19)/p+1. The molecule has 0 amide bonds. The number of benzene rings is 1. The second-order valence-electron chi connectivity index (χ2n) is 5.31. The topological polar surface area (TPSA) is 31.7 Å². The molecule has 1 heterocycles. The molecule has 0 aromatic heterocycles. The van der Waals surface area contributed by atoms with Crippen LogP contribution in [-0.4, -0.2) is 43.3 Å². The fourth-order valence-corrected chi connectivity index (χ4v) is 2.37. The number of quaternary nitrogens is 1. The molecule has 19 heavy (non-hydrogen) atoms. The average Bonchev–Trinajstić information content (AvgIpc) is 2.37. The summed E-state index contributed by atoms with van der Waals surface area (Å²) in [7, 11) is 2.23. The summed E-state index contributed by atoms with van der Waals surface area (Å²) in [5, 5.41) is 6.09. The lowest BCUT2D eigenvalue weighted by molar-refractivity contribution is -0.884. The molecule has 1 saturated heterocycles. The van der Waals surface area contributed by atoms with Crippen LogP contribution < -0.4 is 15.6 Å². The normalized spacial score (nSPS) is 17.2. The zero-order valence-corrected chi connectivity index (χ0v) is 12.7. The molecule has 0 aliphatic carbocycles. The van der Waals surface area contributed by atoms with Crippen LogP contribution in [0.15, 0.2) is 18.2 Å². The molecule has 1 fully saturated rings. The van der Waals surface area contributed by atoms with Crippen molar-refractivity contribution in [2.75, 3.05) is 38.5 Å². The predicted molar refractivity (Wildman–Crippen MR) is 83.5 cm³/mol. The molecule has 1 aromatic rings. The van der Waals surface area contributed by atoms with Gasteiger partial charge in [0.1, 0.15) is 0 Å². The van der Waals surface area contributed by atoms with Crippen molar-refractivity contribution in [1.29, 1.82) is 0 Å². The number of hydrogen-bond acceptors (Lipinski definition) is 2. The molecule has 4 nitrogen and oxygen atoms in total. The number of nitrogens with one attached hydrogen (secondary N) is 3. The van der Waals surface area contributed by atoms with Crippen molar-refractivity contribution in [2.24, 2.45) is 0 Å². The molecule has 3 N–H and O–H groups in total. The first-order chi connectivity index (χ1) is 9.04. The fraction of sp³-hybridized carbons (Fsp3) is 0.500. The van der Waals surface area contributed by atoms with E-state index in [1.165, 1.54) is 11.1 Å². The Hall–Kier alpha value is -1.17. The number of piperazine rings is 1. The summed E-state index contributed by atoms with van der Waals surface area (Å²) in [5.74, 6) is 0. The highest BCUT2D eigenvalue weighted by Gasteiger charge is 2.16. The van der Waals surface area contributed by atoms with Crippen molar-refractivity contribution >= 4 is 23.0 Å². The number of rotatable bonds is 2. The number of hydrogen-bond donors (Lipinski definition) is 3. The summed E-state index contributed by atoms with van der Waals surface area (Å²) in [6, 6.07) is 6.29. The first-order valence-electron chi connectivity index (χ1n) is 6.76. The van der Waals surface area contributed by atoms with Gasteiger partial charge in [0.05, 0.1) is 33.2 Å². The van der Waals surface area contributed by atoms with E-state index in [4.69, 9.17) is 12.2 Å². The minimum atomic E-state index is 0.669. The van der Waals surface area contributed by atoms with Crippen molar-refractivity contribution < 1.29 is 4.90 Å². The van der Waals surface area contributed by atoms with E-state index in [0.717, 1.165) is 31.9 Å². The molecule has 1 aromatic carbocycles. The van der Waals surface area contributed by atoms with Gasteiger partial charge in [-0.1, -0.05) is 6.07 Å². The van der Waals surface area contributed by atoms with Crippen LogP contribution in [0.2, 0.25) is 0 Å². The molecule has 2 rings (SSSR count). The largest absolute Gasteiger partial charge is 0.335 e. The molecule has 0 bridgehead atoms. The lowest BCUT2D eigenvalue weighted by atomic mass is 10.1. The van der Waals surface area contributed by atoms with E-state index >= 15 is 0 Å². The van der Waals surface area contributed by atoms with Gasteiger partial charge in [-0.2, -0.15) is 0 Å². The minimum absolute atomic E-state index is 0.669. The van der Waals surface area contributed by atoms with Gasteiger partial charge in [-0.05, 0) is 49.3 Å². The molecule has 0 saturated carbocycles. The lowest BCUT2D eigenvalue weighted by Gasteiger charge is -2.31. The van der Waals surface area contributed by atoms with Crippen LogP contribution >= 0.6 is 12.2 Å². The van der Waals surface area contributed by atoms with Gasteiger partial charge in [-0.3, -0.25) is 5.43 Å². The highest BCUT2D eigenvalue weighted by molar-refractivity contribution is 7.80. The molecule has 0 atom stereocenters. The van der Waals surface area contributed by atoms with Crippen molar-refractivity contribution in [1.82, 2.24) is 10.4 Å². The summed E-state index contributed by atoms with van der Waals surface area (Å²) in [5.41, 5.74) is 6.88. The Morgan fingerprint density at radius 3 is 2.53 bits per heavy atom. The molecule has 0 unspecified atom stereocenters. The maximum absolute atomic E-state index is 5.35. The quantitative estimate of drug-likeness (QED) is 0.682. The zero-order chi connectivity index (χ0) is 13.8. The maximum atomic E-state index is 5.35. The van der Waals surface area contributed by atoms with E-state index < -0.39 is 0 Å². The van der Waals surface area contributed by atoms with Gasteiger partial charge in [0.15, 0.2) is 5.11 Å². The van der Waals surface area contributed by atoms with Gasteiger partial charge in [-0.25, -0.2) is 5.01 Å². The average molecular weight is 279 g/mol. The summed E-state index contributed by atoms with van der Waals surface area (Å²) >= 11 is 5.35. The number of nitrogens with zero attached hydrogens (tertiary/aromatic N) is 1. The summed E-state index contributed by atoms with van der Waals surface area (Å²) in [6.07, 6.45) is 0. The molecule has 0 spiro atoms. The summed E-state index contributed by atoms with van der Waals surface area (Å²) in [4.78, 5) is 1.58. The maximum Gasteiger partial charge on any atom is 0.185 e. The van der Waals surface area contributed by atoms with Crippen LogP contribution in [0.5, 0.6) is 0 Å². The molecule has 5 heteroatoms. The Labute approximate surface area is 120 Å². The summed E-state index contributed by atoms with van der Waals surface area (Å²) in [6.45, 7) is 8.59. The number of thiocarbonyl (C=S) groups is 1. The van der Waals surface area contributed by atoms with Crippen LogP contribution in [-0.2, 0) is 0 Å². The van der Waals surface area contributed by atoms with Crippen LogP contribution in [0.3, 0.4) is 0 Å². The predicted octanol–water partition coefficient (Wildman–Crippen LogP) is 0.335. The molecule has 1 aliphatic heterocycles. The van der Waals surface area contributed by atoms with E-state index in [1.54, 1.807) is 4.90 Å². The zero-order valence-electron chi connectivity index (χ0n) is 11.9. The highest BCUT2D eigenvalue weighted by atomic mass is 32.1. The monoisotopic (exact) mass is 279 g/mol. The third kappa shape index (κ3) is 4.16. The van der Waals surface area contributed by atoms with Crippen LogP contribution in [0.1, 0.15) is 11.1 Å². The van der Waals surface area contributed by atoms with Crippen LogP contribution in [0.25, 0.3) is 0 Å². The van der Waals surface area contributed by atoms with Gasteiger partial charge in [0, 0.05) is 5.69 Å². The first kappa shape index (κ1) is 14.2. The van der Waals surface area contributed by atoms with E-state index in [-0.39, 0.29) is 0 Å². The van der Waals surface area contributed by atoms with E-state index in [1.807, 2.05) is 0 Å². The lowest BCUT2D eigenvalue weighted by Crippen LogP contribution is -3.12. The Morgan fingerprint density at radius 2 is 1.89 bits per heavy atom. The van der Waals surface area contributed by atoms with Crippen molar-refractivity contribution in [2.45, 2.75) is 13.8 Å². The Bertz CT molecular complexity index is 453. The minimum Gasteiger partial charge on any atom is -0.335 e. The van der Waals surface area contributed by atoms with Crippen molar-refractivity contribution in [3.63, 3.8) is 0 Å². The Balaban J connectivity index is 1.85.